The normalized spacial score (nSPS) is 25.8. The monoisotopic (exact) mass is 446 g/mol. The fourth-order valence-electron chi connectivity index (χ4n) is 3.42. The second kappa shape index (κ2) is 6.77. The molecular weight excluding hydrogens is 433 g/mol. The molecule has 0 radical (unpaired) electrons. The lowest BCUT2D eigenvalue weighted by Gasteiger charge is -2.33. The van der Waals surface area contributed by atoms with Crippen LogP contribution >= 0.6 is 11.6 Å². The summed E-state index contributed by atoms with van der Waals surface area (Å²) in [5, 5.41) is -0.104. The first-order chi connectivity index (χ1) is 13.6. The number of sulfonamides is 1. The summed E-state index contributed by atoms with van der Waals surface area (Å²) in [5.41, 5.74) is 2.68. The summed E-state index contributed by atoms with van der Waals surface area (Å²) in [5.74, 6) is -1.73. The van der Waals surface area contributed by atoms with Gasteiger partial charge in [-0.3, -0.25) is 4.72 Å². The Kier molecular flexibility index (Phi) is 4.61. The van der Waals surface area contributed by atoms with Crippen molar-refractivity contribution in [2.24, 2.45) is 16.6 Å². The highest BCUT2D eigenvalue weighted by molar-refractivity contribution is 7.92. The number of benzene rings is 1. The number of alkyl halides is 2. The summed E-state index contributed by atoms with van der Waals surface area (Å²) in [6.07, 6.45) is -2.29. The average Bonchev–Trinajstić information content (AvgIpc) is 3.42. The number of rotatable bonds is 5. The van der Waals surface area contributed by atoms with Crippen LogP contribution in [0.5, 0.6) is 0 Å². The minimum absolute atomic E-state index is 0.129. The minimum atomic E-state index is -4.16. The summed E-state index contributed by atoms with van der Waals surface area (Å²) in [7, 11) is -4.16. The molecule has 0 saturated heterocycles. The zero-order chi connectivity index (χ0) is 21.0. The Balaban J connectivity index is 1.75. The van der Waals surface area contributed by atoms with Crippen LogP contribution in [0.4, 0.5) is 18.9 Å². The number of amidine groups is 1. The number of hydrogen-bond donors (Lipinski definition) is 2. The summed E-state index contributed by atoms with van der Waals surface area (Å²) in [6, 6.07) is 5.05. The maximum absolute atomic E-state index is 14.6. The van der Waals surface area contributed by atoms with Crippen LogP contribution in [0.2, 0.25) is 5.02 Å². The lowest BCUT2D eigenvalue weighted by molar-refractivity contribution is 0.0177. The van der Waals surface area contributed by atoms with Gasteiger partial charge in [0.05, 0.1) is 5.02 Å². The lowest BCUT2D eigenvalue weighted by atomic mass is 9.84. The molecule has 1 aromatic heterocycles. The SMILES string of the molecule is NC1=N[C@@](c2cc(NS(=O)(=O)c3ccc(Cl)cn3)ccc2F)(C(F)F)C2C[C@H]2O1. The molecule has 3 N–H and O–H groups in total. The number of pyridine rings is 1. The van der Waals surface area contributed by atoms with Crippen molar-refractivity contribution in [2.75, 3.05) is 4.72 Å². The van der Waals surface area contributed by atoms with E-state index in [2.05, 4.69) is 14.7 Å². The Labute approximate surface area is 168 Å². The Morgan fingerprint density at radius 3 is 2.72 bits per heavy atom. The van der Waals surface area contributed by atoms with E-state index in [1.165, 1.54) is 12.1 Å². The second-order valence-electron chi connectivity index (χ2n) is 6.69. The minimum Gasteiger partial charge on any atom is -0.462 e. The number of nitrogens with one attached hydrogen (secondary N) is 1. The molecule has 1 aliphatic heterocycles. The highest BCUT2D eigenvalue weighted by atomic mass is 35.5. The van der Waals surface area contributed by atoms with Crippen molar-refractivity contribution >= 4 is 33.3 Å². The topological polar surface area (TPSA) is 107 Å². The number of nitrogens with zero attached hydrogens (tertiary/aromatic N) is 2. The van der Waals surface area contributed by atoms with Crippen molar-refractivity contribution in [1.82, 2.24) is 4.98 Å². The van der Waals surface area contributed by atoms with Crippen LogP contribution in [0.1, 0.15) is 12.0 Å². The predicted molar refractivity (Wildman–Crippen MR) is 98.7 cm³/mol. The molecule has 1 fully saturated rings. The Bertz CT molecular complexity index is 1100. The molecule has 1 aliphatic carbocycles. The molecule has 2 aromatic rings. The van der Waals surface area contributed by atoms with Crippen molar-refractivity contribution < 1.29 is 26.3 Å². The second-order valence-corrected chi connectivity index (χ2v) is 8.76. The smallest absolute Gasteiger partial charge is 0.283 e. The van der Waals surface area contributed by atoms with Crippen molar-refractivity contribution in [1.29, 1.82) is 0 Å². The van der Waals surface area contributed by atoms with Crippen LogP contribution in [0.3, 0.4) is 0 Å². The van der Waals surface area contributed by atoms with Gasteiger partial charge in [0.25, 0.3) is 22.5 Å². The highest BCUT2D eigenvalue weighted by Crippen LogP contribution is 2.56. The number of aromatic nitrogens is 1. The van der Waals surface area contributed by atoms with Crippen LogP contribution in [-0.4, -0.2) is 32.0 Å². The number of nitrogens with two attached hydrogens (primary N) is 1. The first-order valence-corrected chi connectivity index (χ1v) is 10.2. The van der Waals surface area contributed by atoms with Crippen LogP contribution in [-0.2, 0) is 20.3 Å². The number of fused-ring (bicyclic) bond motifs is 1. The van der Waals surface area contributed by atoms with Gasteiger partial charge in [-0.1, -0.05) is 11.6 Å². The molecule has 1 saturated carbocycles. The zero-order valence-corrected chi connectivity index (χ0v) is 16.1. The van der Waals surface area contributed by atoms with Crippen LogP contribution < -0.4 is 10.5 Å². The van der Waals surface area contributed by atoms with Crippen molar-refractivity contribution in [3.05, 3.63) is 52.9 Å². The zero-order valence-electron chi connectivity index (χ0n) is 14.5. The van der Waals surface area contributed by atoms with Crippen LogP contribution in [0.25, 0.3) is 0 Å². The quantitative estimate of drug-likeness (QED) is 0.734. The van der Waals surface area contributed by atoms with Crippen molar-refractivity contribution in [2.45, 2.75) is 29.5 Å². The maximum atomic E-state index is 14.6. The summed E-state index contributed by atoms with van der Waals surface area (Å²) in [6.45, 7) is 0. The van der Waals surface area contributed by atoms with Crippen molar-refractivity contribution in [3.63, 3.8) is 0 Å². The third-order valence-electron chi connectivity index (χ3n) is 4.82. The molecule has 29 heavy (non-hydrogen) atoms. The molecule has 0 bridgehead atoms. The Morgan fingerprint density at radius 2 is 2.07 bits per heavy atom. The molecule has 4 rings (SSSR count). The first-order valence-electron chi connectivity index (χ1n) is 8.38. The van der Waals surface area contributed by atoms with E-state index >= 15 is 0 Å². The van der Waals surface area contributed by atoms with Gasteiger partial charge in [0.1, 0.15) is 11.9 Å². The fraction of sp³-hybridized carbons (Fsp3) is 0.294. The molecule has 154 valence electrons. The summed E-state index contributed by atoms with van der Waals surface area (Å²) in [4.78, 5) is 7.47. The molecule has 3 atom stereocenters. The molecule has 0 amide bonds. The first kappa shape index (κ1) is 19.8. The van der Waals surface area contributed by atoms with Gasteiger partial charge in [-0.2, -0.15) is 8.42 Å². The standard InChI is InChI=1S/C17H14ClF3N4O3S/c18-8-1-4-14(23-7-8)29(26,27)25-9-2-3-12(19)10(5-9)17(15(20)21)11-6-13(11)28-16(22)24-17/h1-5,7,11,13,15,25H,6H2,(H2,22,24)/t11?,13-,17-/m1/s1. The van der Waals surface area contributed by atoms with Crippen molar-refractivity contribution in [3.8, 4) is 0 Å². The summed E-state index contributed by atoms with van der Waals surface area (Å²) >= 11 is 5.70. The van der Waals surface area contributed by atoms with E-state index in [0.717, 1.165) is 24.4 Å². The molecule has 7 nitrogen and oxygen atoms in total. The van der Waals surface area contributed by atoms with E-state index in [9.17, 15) is 21.6 Å². The average molecular weight is 447 g/mol. The fourth-order valence-corrected chi connectivity index (χ4v) is 4.52. The summed E-state index contributed by atoms with van der Waals surface area (Å²) < 4.78 is 75.2. The molecule has 1 unspecified atom stereocenters. The van der Waals surface area contributed by atoms with E-state index in [-0.39, 0.29) is 22.2 Å². The third-order valence-corrected chi connectivity index (χ3v) is 6.34. The number of aliphatic imine (C=N–C) groups is 1. The van der Waals surface area contributed by atoms with E-state index < -0.39 is 51.4 Å². The third kappa shape index (κ3) is 3.38. The van der Waals surface area contributed by atoms with Gasteiger partial charge in [-0.15, -0.1) is 0 Å². The van der Waals surface area contributed by atoms with Gasteiger partial charge < -0.3 is 10.5 Å². The van der Waals surface area contributed by atoms with Gasteiger partial charge in [0.2, 0.25) is 0 Å². The largest absolute Gasteiger partial charge is 0.462 e. The van der Waals surface area contributed by atoms with Gasteiger partial charge in [0, 0.05) is 23.4 Å². The van der Waals surface area contributed by atoms with Crippen LogP contribution in [0, 0.1) is 11.7 Å². The lowest BCUT2D eigenvalue weighted by Crippen LogP contribution is -2.43. The Hall–Kier alpha value is -2.53. The van der Waals surface area contributed by atoms with E-state index in [0.29, 0.717) is 0 Å². The maximum Gasteiger partial charge on any atom is 0.283 e. The highest BCUT2D eigenvalue weighted by Gasteiger charge is 2.64. The van der Waals surface area contributed by atoms with Gasteiger partial charge in [-0.05, 0) is 36.8 Å². The number of halogens is 4. The Morgan fingerprint density at radius 1 is 1.31 bits per heavy atom. The molecular formula is C17H14ClF3N4O3S. The molecule has 2 heterocycles. The van der Waals surface area contributed by atoms with Crippen LogP contribution in [0.15, 0.2) is 46.5 Å². The molecule has 12 heteroatoms. The molecule has 1 aromatic carbocycles. The van der Waals surface area contributed by atoms with Gasteiger partial charge in [-0.25, -0.2) is 23.1 Å². The van der Waals surface area contributed by atoms with E-state index in [4.69, 9.17) is 22.1 Å². The van der Waals surface area contributed by atoms with Gasteiger partial charge >= 0.3 is 0 Å². The molecule has 0 spiro atoms. The number of hydrogen-bond acceptors (Lipinski definition) is 6. The van der Waals surface area contributed by atoms with E-state index in [1.807, 2.05) is 0 Å². The molecule has 2 aliphatic rings. The van der Waals surface area contributed by atoms with Gasteiger partial charge in [0.15, 0.2) is 10.6 Å². The predicted octanol–water partition coefficient (Wildman–Crippen LogP) is 2.87. The number of anilines is 1. The van der Waals surface area contributed by atoms with E-state index in [1.54, 1.807) is 0 Å². The number of ether oxygens (including phenoxy) is 1.